The van der Waals surface area contributed by atoms with Crippen LogP contribution < -0.4 is 9.80 Å². The summed E-state index contributed by atoms with van der Waals surface area (Å²) in [4.78, 5) is 19.6. The Bertz CT molecular complexity index is 1270. The molecule has 6 heterocycles. The van der Waals surface area contributed by atoms with Crippen LogP contribution >= 0.6 is 11.3 Å². The number of aromatic nitrogens is 4. The first kappa shape index (κ1) is 19.9. The molecule has 9 heteroatoms. The predicted molar refractivity (Wildman–Crippen MR) is 125 cm³/mol. The van der Waals surface area contributed by atoms with E-state index in [2.05, 4.69) is 33.1 Å². The van der Waals surface area contributed by atoms with E-state index < -0.39 is 0 Å². The second-order valence-electron chi connectivity index (χ2n) is 8.57. The highest BCUT2D eigenvalue weighted by molar-refractivity contribution is 7.21. The van der Waals surface area contributed by atoms with Gasteiger partial charge in [-0.3, -0.25) is 0 Å². The molecule has 166 valence electrons. The number of thiazole rings is 1. The summed E-state index contributed by atoms with van der Waals surface area (Å²) in [5, 5.41) is 1.97. The number of halogens is 1. The zero-order valence-electron chi connectivity index (χ0n) is 18.0. The Balaban J connectivity index is 1.20. The van der Waals surface area contributed by atoms with E-state index in [0.29, 0.717) is 5.92 Å². The van der Waals surface area contributed by atoms with Crippen molar-refractivity contribution in [2.24, 2.45) is 7.05 Å². The number of hydrogen-bond acceptors (Lipinski definition) is 7. The Morgan fingerprint density at radius 2 is 1.88 bits per heavy atom. The molecule has 6 rings (SSSR count). The van der Waals surface area contributed by atoms with Crippen LogP contribution in [0.5, 0.6) is 0 Å². The molecule has 4 aromatic rings. The zero-order chi connectivity index (χ0) is 21.7. The molecule has 7 nitrogen and oxygen atoms in total. The first-order chi connectivity index (χ1) is 15.7. The Hall–Kier alpha value is -2.78. The van der Waals surface area contributed by atoms with Crippen LogP contribution in [0.2, 0.25) is 0 Å². The fraction of sp³-hybridized carbons (Fsp3) is 0.435. The highest BCUT2D eigenvalue weighted by atomic mass is 32.1. The van der Waals surface area contributed by atoms with Gasteiger partial charge in [0.05, 0.1) is 19.4 Å². The second kappa shape index (κ2) is 7.97. The molecule has 2 aliphatic heterocycles. The molecule has 0 bridgehead atoms. The van der Waals surface area contributed by atoms with Crippen molar-refractivity contribution in [1.82, 2.24) is 19.5 Å². The van der Waals surface area contributed by atoms with Gasteiger partial charge in [-0.2, -0.15) is 0 Å². The molecule has 2 saturated heterocycles. The minimum atomic E-state index is -0.277. The summed E-state index contributed by atoms with van der Waals surface area (Å²) in [6.45, 7) is 5.13. The summed E-state index contributed by atoms with van der Waals surface area (Å²) >= 11 is 1.66. The van der Waals surface area contributed by atoms with Gasteiger partial charge in [0, 0.05) is 44.8 Å². The van der Waals surface area contributed by atoms with Crippen molar-refractivity contribution in [2.75, 3.05) is 49.2 Å². The van der Waals surface area contributed by atoms with Crippen molar-refractivity contribution in [3.05, 3.63) is 42.0 Å². The lowest BCUT2D eigenvalue weighted by Crippen LogP contribution is -2.36. The van der Waals surface area contributed by atoms with E-state index in [4.69, 9.17) is 14.7 Å². The van der Waals surface area contributed by atoms with E-state index in [9.17, 15) is 4.39 Å². The summed E-state index contributed by atoms with van der Waals surface area (Å²) in [5.41, 5.74) is 3.01. The first-order valence-corrected chi connectivity index (χ1v) is 11.9. The van der Waals surface area contributed by atoms with Crippen molar-refractivity contribution in [3.63, 3.8) is 0 Å². The minimum absolute atomic E-state index is 0.277. The van der Waals surface area contributed by atoms with Gasteiger partial charge in [0.15, 0.2) is 5.13 Å². The van der Waals surface area contributed by atoms with Gasteiger partial charge in [-0.15, -0.1) is 0 Å². The Labute approximate surface area is 189 Å². The first-order valence-electron chi connectivity index (χ1n) is 11.1. The second-order valence-corrected chi connectivity index (χ2v) is 9.53. The van der Waals surface area contributed by atoms with E-state index in [1.807, 2.05) is 11.6 Å². The van der Waals surface area contributed by atoms with Crippen molar-refractivity contribution in [1.29, 1.82) is 0 Å². The van der Waals surface area contributed by atoms with E-state index in [-0.39, 0.29) is 5.82 Å². The molecule has 0 amide bonds. The van der Waals surface area contributed by atoms with Crippen LogP contribution in [0.25, 0.3) is 21.4 Å². The van der Waals surface area contributed by atoms with Crippen LogP contribution in [0.1, 0.15) is 24.3 Å². The lowest BCUT2D eigenvalue weighted by Gasteiger charge is -2.32. The lowest BCUT2D eigenvalue weighted by atomic mass is 9.89. The molecule has 0 spiro atoms. The summed E-state index contributed by atoms with van der Waals surface area (Å²) in [7, 11) is 1.98. The Morgan fingerprint density at radius 1 is 1.06 bits per heavy atom. The van der Waals surface area contributed by atoms with Gasteiger partial charge in [-0.05, 0) is 42.5 Å². The van der Waals surface area contributed by atoms with Crippen LogP contribution in [-0.2, 0) is 11.8 Å². The maximum absolute atomic E-state index is 13.8. The molecule has 4 aromatic heterocycles. The average Bonchev–Trinajstić information content (AvgIpc) is 3.40. The van der Waals surface area contributed by atoms with E-state index in [1.165, 1.54) is 11.8 Å². The number of anilines is 2. The van der Waals surface area contributed by atoms with Gasteiger partial charge < -0.3 is 19.1 Å². The maximum Gasteiger partial charge on any atom is 0.188 e. The van der Waals surface area contributed by atoms with Crippen LogP contribution in [-0.4, -0.2) is 58.9 Å². The average molecular weight is 453 g/mol. The molecule has 0 atom stereocenters. The number of ether oxygens (including phenoxy) is 1. The smallest absolute Gasteiger partial charge is 0.188 e. The number of fused-ring (bicyclic) bond motifs is 2. The van der Waals surface area contributed by atoms with E-state index in [0.717, 1.165) is 84.6 Å². The summed E-state index contributed by atoms with van der Waals surface area (Å²) in [6, 6.07) is 5.79. The number of aryl methyl sites for hydroxylation is 1. The Morgan fingerprint density at radius 3 is 2.69 bits per heavy atom. The number of piperidine rings is 1. The van der Waals surface area contributed by atoms with Crippen molar-refractivity contribution < 1.29 is 9.13 Å². The third-order valence-corrected chi connectivity index (χ3v) is 7.61. The van der Waals surface area contributed by atoms with Crippen LogP contribution in [0, 0.1) is 5.82 Å². The summed E-state index contributed by atoms with van der Waals surface area (Å²) < 4.78 is 21.3. The van der Waals surface area contributed by atoms with Crippen LogP contribution in [0.15, 0.2) is 30.6 Å². The molecule has 2 fully saturated rings. The molecule has 0 saturated carbocycles. The number of rotatable bonds is 3. The van der Waals surface area contributed by atoms with Crippen LogP contribution in [0.4, 0.5) is 15.3 Å². The number of morpholine rings is 1. The van der Waals surface area contributed by atoms with Gasteiger partial charge in [0.25, 0.3) is 0 Å². The van der Waals surface area contributed by atoms with Gasteiger partial charge in [0.2, 0.25) is 0 Å². The summed E-state index contributed by atoms with van der Waals surface area (Å²) in [6.07, 6.45) is 5.43. The van der Waals surface area contributed by atoms with Gasteiger partial charge in [0.1, 0.15) is 27.6 Å². The number of pyridine rings is 2. The monoisotopic (exact) mass is 452 g/mol. The number of hydrogen-bond donors (Lipinski definition) is 0. The Kier molecular flexibility index (Phi) is 4.95. The quantitative estimate of drug-likeness (QED) is 0.469. The van der Waals surface area contributed by atoms with Crippen molar-refractivity contribution >= 4 is 43.7 Å². The third kappa shape index (κ3) is 3.49. The van der Waals surface area contributed by atoms with Crippen molar-refractivity contribution in [3.8, 4) is 0 Å². The number of nitrogens with zero attached hydrogens (tertiary/aromatic N) is 6. The fourth-order valence-electron chi connectivity index (χ4n) is 4.87. The highest BCUT2D eigenvalue weighted by Crippen LogP contribution is 2.36. The zero-order valence-corrected chi connectivity index (χ0v) is 18.8. The molecule has 0 N–H and O–H groups in total. The van der Waals surface area contributed by atoms with Gasteiger partial charge in [-0.1, -0.05) is 11.3 Å². The maximum atomic E-state index is 13.8. The highest BCUT2D eigenvalue weighted by Gasteiger charge is 2.25. The lowest BCUT2D eigenvalue weighted by molar-refractivity contribution is 0.122. The molecule has 0 unspecified atom stereocenters. The molecule has 32 heavy (non-hydrogen) atoms. The van der Waals surface area contributed by atoms with Crippen molar-refractivity contribution in [2.45, 2.75) is 18.8 Å². The molecule has 0 aromatic carbocycles. The standard InChI is InChI=1S/C23H25FN6OS/c1-28-14-18(17-12-16(24)13-25-21(17)28)15-4-6-29(7-5-15)20-3-2-19-22(27-20)32-23(26-19)30-8-10-31-11-9-30/h2-3,12-15H,4-11H2,1H3. The van der Waals surface area contributed by atoms with E-state index >= 15 is 0 Å². The molecule has 2 aliphatic rings. The summed E-state index contributed by atoms with van der Waals surface area (Å²) in [5.74, 6) is 1.14. The van der Waals surface area contributed by atoms with Crippen LogP contribution in [0.3, 0.4) is 0 Å². The molecular formula is C23H25FN6OS. The van der Waals surface area contributed by atoms with Gasteiger partial charge >= 0.3 is 0 Å². The SMILES string of the molecule is Cn1cc(C2CCN(c3ccc4nc(N5CCOCC5)sc4n3)CC2)c2cc(F)cnc21. The minimum Gasteiger partial charge on any atom is -0.378 e. The normalized spacial score (nSPS) is 18.2. The van der Waals surface area contributed by atoms with E-state index in [1.54, 1.807) is 17.4 Å². The van der Waals surface area contributed by atoms with Gasteiger partial charge in [-0.25, -0.2) is 19.3 Å². The fourth-order valence-corrected chi connectivity index (χ4v) is 5.86. The molecule has 0 aliphatic carbocycles. The predicted octanol–water partition coefficient (Wildman–Crippen LogP) is 3.94. The molecular weight excluding hydrogens is 427 g/mol. The third-order valence-electron chi connectivity index (χ3n) is 6.58. The molecule has 0 radical (unpaired) electrons. The largest absolute Gasteiger partial charge is 0.378 e. The topological polar surface area (TPSA) is 59.3 Å².